The van der Waals surface area contributed by atoms with Gasteiger partial charge < -0.3 is 10.2 Å². The van der Waals surface area contributed by atoms with E-state index in [-0.39, 0.29) is 17.3 Å². The first kappa shape index (κ1) is 20.5. The van der Waals surface area contributed by atoms with Gasteiger partial charge in [-0.25, -0.2) is 4.39 Å². The maximum absolute atomic E-state index is 14.9. The van der Waals surface area contributed by atoms with Crippen LogP contribution in [0.4, 0.5) is 15.8 Å². The van der Waals surface area contributed by atoms with E-state index in [4.69, 9.17) is 0 Å². The topological polar surface area (TPSA) is 66.5 Å². The van der Waals surface area contributed by atoms with Crippen molar-refractivity contribution in [2.75, 3.05) is 10.2 Å². The highest BCUT2D eigenvalue weighted by atomic mass is 19.1. The molecule has 3 aliphatic rings. The summed E-state index contributed by atoms with van der Waals surface area (Å²) in [4.78, 5) is 43.2. The van der Waals surface area contributed by atoms with Gasteiger partial charge >= 0.3 is 0 Å². The number of fused-ring (bicyclic) bond motifs is 6. The minimum atomic E-state index is -1.39. The Labute approximate surface area is 195 Å². The zero-order chi connectivity index (χ0) is 23.6. The van der Waals surface area contributed by atoms with Gasteiger partial charge in [0.05, 0.1) is 23.6 Å². The standard InChI is InChI=1S/C28H21FN2O3/c1-16(32)25-24(26(33)18-9-3-5-11-20(18)29)28(19-10-4-6-12-21(19)30-27(28)34)23-15-14-17-8-2-7-13-22(17)31(23)25/h2-15,23-25H,1H3,(H,30,34). The van der Waals surface area contributed by atoms with E-state index in [9.17, 15) is 18.8 Å². The lowest BCUT2D eigenvalue weighted by atomic mass is 9.64. The Morgan fingerprint density at radius 1 is 0.971 bits per heavy atom. The van der Waals surface area contributed by atoms with Crippen molar-refractivity contribution in [1.82, 2.24) is 0 Å². The van der Waals surface area contributed by atoms with E-state index in [1.807, 2.05) is 59.5 Å². The number of benzene rings is 3. The van der Waals surface area contributed by atoms with Crippen molar-refractivity contribution in [3.8, 4) is 0 Å². The molecule has 1 saturated heterocycles. The molecule has 1 N–H and O–H groups in total. The number of hydrogen-bond donors (Lipinski definition) is 1. The summed E-state index contributed by atoms with van der Waals surface area (Å²) in [6, 6.07) is 19.0. The molecule has 168 valence electrons. The second kappa shape index (κ2) is 7.22. The van der Waals surface area contributed by atoms with Crippen LogP contribution in [0, 0.1) is 11.7 Å². The molecule has 0 saturated carbocycles. The van der Waals surface area contributed by atoms with E-state index in [0.717, 1.165) is 11.3 Å². The first-order valence-electron chi connectivity index (χ1n) is 11.2. The molecule has 3 aromatic carbocycles. The number of nitrogens with one attached hydrogen (secondary N) is 1. The minimum Gasteiger partial charge on any atom is -0.352 e. The molecule has 6 rings (SSSR count). The van der Waals surface area contributed by atoms with Gasteiger partial charge in [-0.3, -0.25) is 14.4 Å². The van der Waals surface area contributed by atoms with Gasteiger partial charge in [-0.15, -0.1) is 0 Å². The average molecular weight is 452 g/mol. The van der Waals surface area contributed by atoms with Crippen molar-refractivity contribution in [3.05, 3.63) is 101 Å². The normalized spacial score (nSPS) is 26.1. The van der Waals surface area contributed by atoms with E-state index in [2.05, 4.69) is 5.32 Å². The van der Waals surface area contributed by atoms with Crippen molar-refractivity contribution in [2.45, 2.75) is 24.4 Å². The summed E-state index contributed by atoms with van der Waals surface area (Å²) in [6.07, 6.45) is 3.83. The molecule has 4 atom stereocenters. The van der Waals surface area contributed by atoms with Crippen LogP contribution in [0.25, 0.3) is 6.08 Å². The van der Waals surface area contributed by atoms with Crippen LogP contribution in [0.3, 0.4) is 0 Å². The third kappa shape index (κ3) is 2.51. The van der Waals surface area contributed by atoms with Crippen molar-refractivity contribution < 1.29 is 18.8 Å². The smallest absolute Gasteiger partial charge is 0.238 e. The molecule has 1 fully saturated rings. The van der Waals surface area contributed by atoms with Crippen LogP contribution in [0.1, 0.15) is 28.4 Å². The number of carbonyl (C=O) groups excluding carboxylic acids is 3. The van der Waals surface area contributed by atoms with Crippen LogP contribution in [-0.2, 0) is 15.0 Å². The summed E-state index contributed by atoms with van der Waals surface area (Å²) < 4.78 is 14.9. The molecule has 1 spiro atoms. The summed E-state index contributed by atoms with van der Waals surface area (Å²) in [5.74, 6) is -2.95. The fraction of sp³-hybridized carbons (Fsp3) is 0.179. The lowest BCUT2D eigenvalue weighted by Crippen LogP contribution is -2.51. The van der Waals surface area contributed by atoms with Crippen LogP contribution >= 0.6 is 0 Å². The lowest BCUT2D eigenvalue weighted by molar-refractivity contribution is -0.122. The zero-order valence-electron chi connectivity index (χ0n) is 18.4. The Morgan fingerprint density at radius 3 is 2.47 bits per heavy atom. The third-order valence-electron chi connectivity index (χ3n) is 7.38. The summed E-state index contributed by atoms with van der Waals surface area (Å²) >= 11 is 0. The predicted molar refractivity (Wildman–Crippen MR) is 127 cm³/mol. The van der Waals surface area contributed by atoms with Crippen LogP contribution in [0.15, 0.2) is 78.9 Å². The molecule has 6 heteroatoms. The van der Waals surface area contributed by atoms with Gasteiger partial charge in [-0.2, -0.15) is 0 Å². The maximum Gasteiger partial charge on any atom is 0.238 e. The molecule has 0 aliphatic carbocycles. The lowest BCUT2D eigenvalue weighted by Gasteiger charge is -2.37. The number of rotatable bonds is 3. The fourth-order valence-electron chi connectivity index (χ4n) is 6.10. The van der Waals surface area contributed by atoms with Crippen LogP contribution in [0.2, 0.25) is 0 Å². The van der Waals surface area contributed by atoms with Gasteiger partial charge in [-0.1, -0.05) is 60.7 Å². The summed E-state index contributed by atoms with van der Waals surface area (Å²) in [5, 5.41) is 2.94. The summed E-state index contributed by atoms with van der Waals surface area (Å²) in [6.45, 7) is 1.43. The second-order valence-electron chi connectivity index (χ2n) is 9.02. The number of hydrogen-bond acceptors (Lipinski definition) is 4. The van der Waals surface area contributed by atoms with Crippen molar-refractivity contribution in [3.63, 3.8) is 0 Å². The molecule has 5 nitrogen and oxygen atoms in total. The summed E-state index contributed by atoms with van der Waals surface area (Å²) in [5.41, 5.74) is 1.41. The Balaban J connectivity index is 1.68. The SMILES string of the molecule is CC(=O)C1C(C(=O)c2ccccc2F)C2(C(=O)Nc3ccccc32)C2C=Cc3ccccc3N12. The van der Waals surface area contributed by atoms with Crippen LogP contribution in [-0.4, -0.2) is 29.6 Å². The van der Waals surface area contributed by atoms with Gasteiger partial charge in [0.2, 0.25) is 5.91 Å². The number of halogens is 1. The number of para-hydroxylation sites is 2. The Morgan fingerprint density at radius 2 is 1.68 bits per heavy atom. The van der Waals surface area contributed by atoms with Crippen molar-refractivity contribution in [2.24, 2.45) is 5.92 Å². The highest BCUT2D eigenvalue weighted by Crippen LogP contribution is 2.57. The molecule has 3 aromatic rings. The average Bonchev–Trinajstić information content (AvgIpc) is 3.32. The molecule has 0 aromatic heterocycles. The highest BCUT2D eigenvalue weighted by molar-refractivity contribution is 6.16. The molecule has 0 bridgehead atoms. The minimum absolute atomic E-state index is 0.118. The maximum atomic E-state index is 14.9. The van der Waals surface area contributed by atoms with Crippen molar-refractivity contribution >= 4 is 34.9 Å². The largest absolute Gasteiger partial charge is 0.352 e. The second-order valence-corrected chi connectivity index (χ2v) is 9.02. The van der Waals surface area contributed by atoms with E-state index >= 15 is 0 Å². The van der Waals surface area contributed by atoms with Gasteiger partial charge in [-0.05, 0) is 42.3 Å². The first-order chi connectivity index (χ1) is 16.5. The number of amides is 1. The molecule has 1 amide bonds. The monoisotopic (exact) mass is 452 g/mol. The molecule has 34 heavy (non-hydrogen) atoms. The number of Topliss-reactive ketones (excluding diaryl/α,β-unsaturated/α-hetero) is 2. The van der Waals surface area contributed by atoms with E-state index in [0.29, 0.717) is 11.3 Å². The molecule has 4 unspecified atom stereocenters. The summed E-state index contributed by atoms with van der Waals surface area (Å²) in [7, 11) is 0. The van der Waals surface area contributed by atoms with E-state index < -0.39 is 35.0 Å². The Bertz CT molecular complexity index is 1410. The molecular formula is C28H21FN2O3. The molecule has 0 radical (unpaired) electrons. The first-order valence-corrected chi connectivity index (χ1v) is 11.2. The number of carbonyl (C=O) groups is 3. The van der Waals surface area contributed by atoms with Gasteiger partial charge in [0.1, 0.15) is 11.2 Å². The quantitative estimate of drug-likeness (QED) is 0.599. The van der Waals surface area contributed by atoms with Crippen LogP contribution in [0.5, 0.6) is 0 Å². The Kier molecular flexibility index (Phi) is 4.36. The van der Waals surface area contributed by atoms with Crippen LogP contribution < -0.4 is 10.2 Å². The van der Waals surface area contributed by atoms with Gasteiger partial charge in [0.15, 0.2) is 11.6 Å². The van der Waals surface area contributed by atoms with Gasteiger partial charge in [0, 0.05) is 11.4 Å². The number of nitrogens with zero attached hydrogens (tertiary/aromatic N) is 1. The predicted octanol–water partition coefficient (Wildman–Crippen LogP) is 4.39. The fourth-order valence-corrected chi connectivity index (χ4v) is 6.10. The van der Waals surface area contributed by atoms with E-state index in [1.54, 1.807) is 12.1 Å². The van der Waals surface area contributed by atoms with Crippen molar-refractivity contribution in [1.29, 1.82) is 0 Å². The molecular weight excluding hydrogens is 431 g/mol. The van der Waals surface area contributed by atoms with Gasteiger partial charge in [0.25, 0.3) is 0 Å². The number of anilines is 2. The van der Waals surface area contributed by atoms with E-state index in [1.165, 1.54) is 25.1 Å². The number of ketones is 2. The molecule has 3 aliphatic heterocycles. The highest BCUT2D eigenvalue weighted by Gasteiger charge is 2.69. The molecule has 3 heterocycles. The zero-order valence-corrected chi connectivity index (χ0v) is 18.4. The Hall–Kier alpha value is -4.06. The third-order valence-corrected chi connectivity index (χ3v) is 7.38.